The number of phenols is 1. The molecule has 0 radical (unpaired) electrons. The van der Waals surface area contributed by atoms with Crippen molar-refractivity contribution in [2.75, 3.05) is 0 Å². The van der Waals surface area contributed by atoms with Crippen molar-refractivity contribution in [2.45, 2.75) is 6.92 Å². The second kappa shape index (κ2) is 6.80. The zero-order chi connectivity index (χ0) is 17.1. The van der Waals surface area contributed by atoms with Crippen LogP contribution in [0.3, 0.4) is 0 Å². The number of benzene rings is 2. The van der Waals surface area contributed by atoms with Crippen molar-refractivity contribution in [3.8, 4) is 5.75 Å². The number of aryl methyl sites for hydroxylation is 1. The van der Waals surface area contributed by atoms with E-state index in [-0.39, 0.29) is 11.7 Å². The summed E-state index contributed by atoms with van der Waals surface area (Å²) in [7, 11) is 0. The summed E-state index contributed by atoms with van der Waals surface area (Å²) >= 11 is 3.44. The normalized spacial score (nSPS) is 11.1. The van der Waals surface area contributed by atoms with Gasteiger partial charge in [-0.1, -0.05) is 30.3 Å². The summed E-state index contributed by atoms with van der Waals surface area (Å²) in [5.41, 5.74) is 4.97. The Morgan fingerprint density at radius 2 is 1.92 bits per heavy atom. The minimum atomic E-state index is -0.352. The van der Waals surface area contributed by atoms with Crippen molar-refractivity contribution in [2.24, 2.45) is 5.10 Å². The summed E-state index contributed by atoms with van der Waals surface area (Å²) in [5.74, 6) is -0.253. The molecule has 0 atom stereocenters. The third kappa shape index (κ3) is 3.14. The number of hydrazone groups is 1. The fraction of sp³-hybridized carbons (Fsp3) is 0.0556. The van der Waals surface area contributed by atoms with Gasteiger partial charge in [0.2, 0.25) is 0 Å². The van der Waals surface area contributed by atoms with Crippen LogP contribution in [0.1, 0.15) is 21.6 Å². The van der Waals surface area contributed by atoms with Gasteiger partial charge in [-0.2, -0.15) is 5.10 Å². The van der Waals surface area contributed by atoms with Gasteiger partial charge in [0.1, 0.15) is 5.75 Å². The Bertz CT molecular complexity index is 954. The number of aromatic nitrogens is 1. The molecule has 3 aromatic rings. The van der Waals surface area contributed by atoms with E-state index >= 15 is 0 Å². The molecule has 5 nitrogen and oxygen atoms in total. The molecule has 2 N–H and O–H groups in total. The van der Waals surface area contributed by atoms with E-state index in [1.165, 1.54) is 6.21 Å². The van der Waals surface area contributed by atoms with Crippen molar-refractivity contribution in [1.29, 1.82) is 0 Å². The number of phenolic OH excluding ortho intramolecular Hbond substituents is 1. The van der Waals surface area contributed by atoms with Gasteiger partial charge in [-0.05, 0) is 41.1 Å². The smallest absolute Gasteiger partial charge is 0.273 e. The lowest BCUT2D eigenvalue weighted by molar-refractivity contribution is 0.0956. The number of fused-ring (bicyclic) bond motifs is 1. The topological polar surface area (TPSA) is 74.6 Å². The maximum Gasteiger partial charge on any atom is 0.273 e. The van der Waals surface area contributed by atoms with Gasteiger partial charge in [-0.25, -0.2) is 5.43 Å². The van der Waals surface area contributed by atoms with Crippen molar-refractivity contribution < 1.29 is 9.90 Å². The number of amides is 1. The van der Waals surface area contributed by atoms with Gasteiger partial charge in [0.25, 0.3) is 5.91 Å². The van der Waals surface area contributed by atoms with E-state index in [1.54, 1.807) is 24.3 Å². The van der Waals surface area contributed by atoms with E-state index in [2.05, 4.69) is 31.4 Å². The number of rotatable bonds is 3. The molecule has 2 aromatic carbocycles. The number of nitrogens with one attached hydrogen (secondary N) is 1. The zero-order valence-corrected chi connectivity index (χ0v) is 14.4. The van der Waals surface area contributed by atoms with E-state index in [9.17, 15) is 9.90 Å². The highest BCUT2D eigenvalue weighted by atomic mass is 79.9. The highest BCUT2D eigenvalue weighted by Gasteiger charge is 2.16. The van der Waals surface area contributed by atoms with Crippen LogP contribution >= 0.6 is 15.9 Å². The summed E-state index contributed by atoms with van der Waals surface area (Å²) in [6.07, 6.45) is 1.40. The Kier molecular flexibility index (Phi) is 4.57. The van der Waals surface area contributed by atoms with Crippen molar-refractivity contribution in [3.05, 3.63) is 69.8 Å². The molecule has 120 valence electrons. The first kappa shape index (κ1) is 16.1. The van der Waals surface area contributed by atoms with Gasteiger partial charge in [-0.15, -0.1) is 0 Å². The lowest BCUT2D eigenvalue weighted by Crippen LogP contribution is -2.19. The lowest BCUT2D eigenvalue weighted by atomic mass is 10.1. The molecule has 0 saturated carbocycles. The van der Waals surface area contributed by atoms with Crippen molar-refractivity contribution in [3.63, 3.8) is 0 Å². The summed E-state index contributed by atoms with van der Waals surface area (Å²) in [5, 5.41) is 14.4. The van der Waals surface area contributed by atoms with Gasteiger partial charge < -0.3 is 5.11 Å². The van der Waals surface area contributed by atoms with Crippen LogP contribution in [0.4, 0.5) is 0 Å². The van der Waals surface area contributed by atoms with E-state index < -0.39 is 0 Å². The molecule has 0 saturated heterocycles. The van der Waals surface area contributed by atoms with E-state index in [4.69, 9.17) is 0 Å². The van der Waals surface area contributed by atoms with E-state index in [0.717, 1.165) is 16.6 Å². The molecule has 0 aliphatic carbocycles. The summed E-state index contributed by atoms with van der Waals surface area (Å²) < 4.78 is 0.636. The molecule has 1 aromatic heterocycles. The number of carbonyl (C=O) groups is 1. The van der Waals surface area contributed by atoms with Crippen LogP contribution in [-0.2, 0) is 0 Å². The molecule has 0 aliphatic heterocycles. The molecule has 1 amide bonds. The van der Waals surface area contributed by atoms with E-state index in [0.29, 0.717) is 15.6 Å². The number of nitrogens with zero attached hydrogens (tertiary/aromatic N) is 2. The van der Waals surface area contributed by atoms with Crippen LogP contribution in [0, 0.1) is 6.92 Å². The maximum atomic E-state index is 12.6. The third-order valence-electron chi connectivity index (χ3n) is 3.53. The van der Waals surface area contributed by atoms with Crippen LogP contribution in [0.15, 0.2) is 58.1 Å². The summed E-state index contributed by atoms with van der Waals surface area (Å²) in [4.78, 5) is 17.0. The number of aromatic hydroxyl groups is 1. The number of carbonyl (C=O) groups excluding carboxylic acids is 1. The van der Waals surface area contributed by atoms with Gasteiger partial charge in [-0.3, -0.25) is 9.78 Å². The molecule has 1 heterocycles. The predicted molar refractivity (Wildman–Crippen MR) is 97.3 cm³/mol. The number of halogens is 1. The summed E-state index contributed by atoms with van der Waals surface area (Å²) in [6.45, 7) is 1.83. The highest BCUT2D eigenvalue weighted by molar-refractivity contribution is 9.10. The maximum absolute atomic E-state index is 12.6. The third-order valence-corrected chi connectivity index (χ3v) is 4.50. The first-order chi connectivity index (χ1) is 11.6. The monoisotopic (exact) mass is 383 g/mol. The first-order valence-electron chi connectivity index (χ1n) is 7.24. The molecule has 0 spiro atoms. The molecule has 0 unspecified atom stereocenters. The first-order valence-corrected chi connectivity index (χ1v) is 8.03. The Morgan fingerprint density at radius 1 is 1.21 bits per heavy atom. The molecule has 24 heavy (non-hydrogen) atoms. The van der Waals surface area contributed by atoms with Crippen LogP contribution in [0.5, 0.6) is 5.75 Å². The second-order valence-electron chi connectivity index (χ2n) is 5.16. The highest BCUT2D eigenvalue weighted by Crippen LogP contribution is 2.27. The molecule has 3 rings (SSSR count). The van der Waals surface area contributed by atoms with E-state index in [1.807, 2.05) is 31.2 Å². The molecule has 6 heteroatoms. The van der Waals surface area contributed by atoms with Crippen LogP contribution in [-0.4, -0.2) is 22.2 Å². The Labute approximate surface area is 147 Å². The molecular formula is C18H14BrN3O2. The largest absolute Gasteiger partial charge is 0.507 e. The fourth-order valence-electron chi connectivity index (χ4n) is 2.35. The molecule has 0 aliphatic rings. The van der Waals surface area contributed by atoms with Crippen LogP contribution in [0.25, 0.3) is 10.9 Å². The van der Waals surface area contributed by atoms with Gasteiger partial charge in [0.05, 0.1) is 27.5 Å². The van der Waals surface area contributed by atoms with Crippen LogP contribution < -0.4 is 5.43 Å². The minimum Gasteiger partial charge on any atom is -0.507 e. The van der Waals surface area contributed by atoms with Crippen molar-refractivity contribution in [1.82, 2.24) is 10.4 Å². The molecule has 0 fully saturated rings. The van der Waals surface area contributed by atoms with Gasteiger partial charge >= 0.3 is 0 Å². The second-order valence-corrected chi connectivity index (χ2v) is 5.95. The SMILES string of the molecule is Cc1nc2ccccc2c(C(=O)NN=Cc2ccccc2O)c1Br. The van der Waals surface area contributed by atoms with Crippen molar-refractivity contribution >= 4 is 39.0 Å². The number of para-hydroxylation sites is 2. The number of hydrogen-bond acceptors (Lipinski definition) is 4. The predicted octanol–water partition coefficient (Wildman–Crippen LogP) is 3.78. The number of hydrogen-bond donors (Lipinski definition) is 2. The van der Waals surface area contributed by atoms with Crippen LogP contribution in [0.2, 0.25) is 0 Å². The average molecular weight is 384 g/mol. The fourth-order valence-corrected chi connectivity index (χ4v) is 2.83. The van der Waals surface area contributed by atoms with Gasteiger partial charge in [0.15, 0.2) is 0 Å². The number of pyridine rings is 1. The minimum absolute atomic E-state index is 0.0990. The Hall–Kier alpha value is -2.73. The standard InChI is InChI=1S/C18H14BrN3O2/c1-11-17(19)16(13-7-3-4-8-14(13)21-11)18(24)22-20-10-12-6-2-5-9-15(12)23/h2-10,23H,1H3,(H,22,24). The quantitative estimate of drug-likeness (QED) is 0.533. The lowest BCUT2D eigenvalue weighted by Gasteiger charge is -2.09. The summed E-state index contributed by atoms with van der Waals surface area (Å²) in [6, 6.07) is 14.2. The Balaban J connectivity index is 1.92. The van der Waals surface area contributed by atoms with Gasteiger partial charge in [0, 0.05) is 10.9 Å². The average Bonchev–Trinajstić information content (AvgIpc) is 2.57. The zero-order valence-electron chi connectivity index (χ0n) is 12.8. The Morgan fingerprint density at radius 3 is 2.71 bits per heavy atom. The molecular weight excluding hydrogens is 370 g/mol. The molecule has 0 bridgehead atoms.